The van der Waals surface area contributed by atoms with Gasteiger partial charge in [0, 0.05) is 6.04 Å². The molecule has 0 radical (unpaired) electrons. The topological polar surface area (TPSA) is 27.3 Å². The van der Waals surface area contributed by atoms with Gasteiger partial charge in [-0.2, -0.15) is 0 Å². The second-order valence-electron chi connectivity index (χ2n) is 14.1. The van der Waals surface area contributed by atoms with Gasteiger partial charge in [0.05, 0.1) is 6.17 Å². The molecule has 0 spiro atoms. The fourth-order valence-corrected chi connectivity index (χ4v) is 8.06. The van der Waals surface area contributed by atoms with Crippen molar-refractivity contribution in [3.8, 4) is 22.3 Å². The zero-order chi connectivity index (χ0) is 34.1. The monoisotopic (exact) mass is 661 g/mol. The van der Waals surface area contributed by atoms with E-state index in [1.807, 2.05) is 0 Å². The van der Waals surface area contributed by atoms with E-state index in [0.29, 0.717) is 0 Å². The van der Waals surface area contributed by atoms with E-state index in [2.05, 4.69) is 186 Å². The fraction of sp³-hybridized carbons (Fsp3) is 0.167. The standard InChI is InChI=1S/C48H43N3/c1-33(34-18-20-38(21-19-34)44-31-24-36-12-5-6-14-43(36)32-44)51-48(42-29-22-37(23-30-42)35-10-3-2-4-11-35)49-47(50-51)41-27-25-40(26-28-41)46-17-9-15-39-13-7-8-16-45(39)46/h5-10,12-33,47-50H,2-4,11H2,1H3. The smallest absolute Gasteiger partial charge is 0.101 e. The van der Waals surface area contributed by atoms with E-state index in [1.54, 1.807) is 0 Å². The van der Waals surface area contributed by atoms with Gasteiger partial charge in [-0.15, -0.1) is 0 Å². The van der Waals surface area contributed by atoms with Crippen LogP contribution in [0.2, 0.25) is 0 Å². The predicted molar refractivity (Wildman–Crippen MR) is 214 cm³/mol. The first-order chi connectivity index (χ1) is 25.2. The molecule has 1 fully saturated rings. The normalized spacial score (nSPS) is 18.6. The molecule has 0 amide bonds. The highest BCUT2D eigenvalue weighted by atomic mass is 15.7. The quantitative estimate of drug-likeness (QED) is 0.178. The van der Waals surface area contributed by atoms with E-state index in [1.165, 1.54) is 97.3 Å². The van der Waals surface area contributed by atoms with E-state index in [-0.39, 0.29) is 18.4 Å². The van der Waals surface area contributed by atoms with E-state index < -0.39 is 0 Å². The maximum absolute atomic E-state index is 3.97. The van der Waals surface area contributed by atoms with Crippen LogP contribution < -0.4 is 10.7 Å². The summed E-state index contributed by atoms with van der Waals surface area (Å²) in [5.41, 5.74) is 15.5. The summed E-state index contributed by atoms with van der Waals surface area (Å²) in [6.07, 6.45) is 7.36. The lowest BCUT2D eigenvalue weighted by molar-refractivity contribution is 0.120. The second kappa shape index (κ2) is 13.8. The molecule has 7 aromatic rings. The number of hydrazine groups is 1. The molecule has 3 unspecified atom stereocenters. The van der Waals surface area contributed by atoms with E-state index in [4.69, 9.17) is 0 Å². The first-order valence-electron chi connectivity index (χ1n) is 18.5. The molecule has 3 nitrogen and oxygen atoms in total. The van der Waals surface area contributed by atoms with Crippen molar-refractivity contribution in [1.29, 1.82) is 0 Å². The Hall–Kier alpha value is -5.32. The molecule has 0 saturated carbocycles. The minimum Gasteiger partial charge on any atom is -0.277 e. The first kappa shape index (κ1) is 31.6. The van der Waals surface area contributed by atoms with Crippen molar-refractivity contribution >= 4 is 27.1 Å². The SMILES string of the molecule is CC(c1ccc(-c2ccc3ccccc3c2)cc1)N1NC(c2ccc(-c3cccc4ccccc34)cc2)NC1c1ccc(C2=CCCCC2)cc1. The van der Waals surface area contributed by atoms with E-state index in [0.717, 1.165) is 0 Å². The van der Waals surface area contributed by atoms with Gasteiger partial charge in [0.2, 0.25) is 0 Å². The molecule has 250 valence electrons. The molecular weight excluding hydrogens is 619 g/mol. The molecule has 7 aromatic carbocycles. The summed E-state index contributed by atoms with van der Waals surface area (Å²) in [4.78, 5) is 0. The summed E-state index contributed by atoms with van der Waals surface area (Å²) in [7, 11) is 0. The van der Waals surface area contributed by atoms with Crippen molar-refractivity contribution < 1.29 is 0 Å². The molecule has 1 heterocycles. The van der Waals surface area contributed by atoms with Gasteiger partial charge in [0.1, 0.15) is 6.17 Å². The number of fused-ring (bicyclic) bond motifs is 2. The van der Waals surface area contributed by atoms with Crippen LogP contribution in [0.3, 0.4) is 0 Å². The van der Waals surface area contributed by atoms with Gasteiger partial charge in [-0.05, 0) is 110 Å². The molecule has 2 N–H and O–H groups in total. The highest BCUT2D eigenvalue weighted by Gasteiger charge is 2.36. The number of nitrogens with one attached hydrogen (secondary N) is 2. The molecule has 9 rings (SSSR count). The lowest BCUT2D eigenvalue weighted by atomic mass is 9.93. The number of benzene rings is 7. The second-order valence-corrected chi connectivity index (χ2v) is 14.1. The van der Waals surface area contributed by atoms with Crippen LogP contribution in [0.15, 0.2) is 164 Å². The van der Waals surface area contributed by atoms with Crippen molar-refractivity contribution in [2.45, 2.75) is 51.0 Å². The highest BCUT2D eigenvalue weighted by Crippen LogP contribution is 2.37. The Kier molecular flexibility index (Phi) is 8.54. The molecule has 1 saturated heterocycles. The zero-order valence-corrected chi connectivity index (χ0v) is 29.1. The van der Waals surface area contributed by atoms with Crippen molar-refractivity contribution in [3.05, 3.63) is 186 Å². The molecule has 3 heteroatoms. The van der Waals surface area contributed by atoms with Crippen LogP contribution in [-0.4, -0.2) is 5.01 Å². The molecule has 1 aliphatic carbocycles. The van der Waals surface area contributed by atoms with E-state index in [9.17, 15) is 0 Å². The Labute approximate surface area is 301 Å². The summed E-state index contributed by atoms with van der Waals surface area (Å²) >= 11 is 0. The summed E-state index contributed by atoms with van der Waals surface area (Å²) in [5.74, 6) is 0. The lowest BCUT2D eigenvalue weighted by Crippen LogP contribution is -2.36. The van der Waals surface area contributed by atoms with Gasteiger partial charge in [-0.1, -0.05) is 158 Å². The third kappa shape index (κ3) is 6.30. The van der Waals surface area contributed by atoms with Crippen LogP contribution in [0.25, 0.3) is 49.4 Å². The van der Waals surface area contributed by atoms with Gasteiger partial charge in [-0.25, -0.2) is 10.4 Å². The number of hydrogen-bond donors (Lipinski definition) is 2. The maximum atomic E-state index is 3.97. The van der Waals surface area contributed by atoms with Gasteiger partial charge < -0.3 is 0 Å². The fourth-order valence-electron chi connectivity index (χ4n) is 8.06. The van der Waals surface area contributed by atoms with Crippen LogP contribution in [-0.2, 0) is 0 Å². The summed E-state index contributed by atoms with van der Waals surface area (Å²) in [5, 5.41) is 11.5. The van der Waals surface area contributed by atoms with Gasteiger partial charge >= 0.3 is 0 Å². The minimum atomic E-state index is -0.0309. The Morgan fingerprint density at radius 2 is 1.24 bits per heavy atom. The van der Waals surface area contributed by atoms with Crippen molar-refractivity contribution in [2.75, 3.05) is 0 Å². The Balaban J connectivity index is 1.01. The van der Waals surface area contributed by atoms with Crippen molar-refractivity contribution in [2.24, 2.45) is 0 Å². The predicted octanol–water partition coefficient (Wildman–Crippen LogP) is 12.2. The molecule has 51 heavy (non-hydrogen) atoms. The highest BCUT2D eigenvalue weighted by molar-refractivity contribution is 5.96. The largest absolute Gasteiger partial charge is 0.277 e. The van der Waals surface area contributed by atoms with Gasteiger partial charge in [0.15, 0.2) is 0 Å². The van der Waals surface area contributed by atoms with Gasteiger partial charge in [0.25, 0.3) is 0 Å². The number of nitrogens with zero attached hydrogens (tertiary/aromatic N) is 1. The molecule has 0 bridgehead atoms. The Morgan fingerprint density at radius 1 is 0.569 bits per heavy atom. The molecular formula is C48H43N3. The molecule has 2 aliphatic rings. The third-order valence-corrected chi connectivity index (χ3v) is 11.0. The number of allylic oxidation sites excluding steroid dienone is 2. The average molecular weight is 662 g/mol. The molecule has 1 aliphatic heterocycles. The zero-order valence-electron chi connectivity index (χ0n) is 29.1. The Morgan fingerprint density at radius 3 is 2.02 bits per heavy atom. The first-order valence-corrected chi connectivity index (χ1v) is 18.5. The van der Waals surface area contributed by atoms with Crippen LogP contribution in [0, 0.1) is 0 Å². The van der Waals surface area contributed by atoms with Crippen LogP contribution in [0.5, 0.6) is 0 Å². The molecule has 3 atom stereocenters. The summed E-state index contributed by atoms with van der Waals surface area (Å²) < 4.78 is 0. The third-order valence-electron chi connectivity index (χ3n) is 11.0. The van der Waals surface area contributed by atoms with Gasteiger partial charge in [-0.3, -0.25) is 5.32 Å². The summed E-state index contributed by atoms with van der Waals surface area (Å²) in [6, 6.07) is 58.1. The summed E-state index contributed by atoms with van der Waals surface area (Å²) in [6.45, 7) is 2.31. The van der Waals surface area contributed by atoms with Crippen LogP contribution in [0.4, 0.5) is 0 Å². The van der Waals surface area contributed by atoms with Crippen LogP contribution >= 0.6 is 0 Å². The number of hydrogen-bond acceptors (Lipinski definition) is 3. The van der Waals surface area contributed by atoms with Crippen molar-refractivity contribution in [1.82, 2.24) is 15.8 Å². The number of rotatable bonds is 7. The maximum Gasteiger partial charge on any atom is 0.101 e. The van der Waals surface area contributed by atoms with Crippen molar-refractivity contribution in [3.63, 3.8) is 0 Å². The Bertz CT molecular complexity index is 2330. The minimum absolute atomic E-state index is 0.00251. The molecule has 0 aromatic heterocycles. The van der Waals surface area contributed by atoms with E-state index >= 15 is 0 Å². The average Bonchev–Trinajstić information content (AvgIpc) is 3.66. The lowest BCUT2D eigenvalue weighted by Gasteiger charge is -2.30. The van der Waals surface area contributed by atoms with Crippen LogP contribution in [0.1, 0.15) is 73.2 Å².